The van der Waals surface area contributed by atoms with Crippen LogP contribution in [0.25, 0.3) is 11.3 Å². The third-order valence-electron chi connectivity index (χ3n) is 3.18. The predicted octanol–water partition coefficient (Wildman–Crippen LogP) is 4.08. The van der Waals surface area contributed by atoms with Gasteiger partial charge in [-0.05, 0) is 23.8 Å². The van der Waals surface area contributed by atoms with Gasteiger partial charge in [-0.3, -0.25) is 4.68 Å². The Morgan fingerprint density at radius 3 is 2.52 bits per heavy atom. The Morgan fingerprint density at radius 2 is 1.81 bits per heavy atom. The Morgan fingerprint density at radius 1 is 1.10 bits per heavy atom. The van der Waals surface area contributed by atoms with Gasteiger partial charge in [-0.2, -0.15) is 5.10 Å². The Hall–Kier alpha value is -2.14. The van der Waals surface area contributed by atoms with Gasteiger partial charge in [0, 0.05) is 16.2 Å². The van der Waals surface area contributed by atoms with Crippen LogP contribution in [-0.2, 0) is 6.54 Å². The van der Waals surface area contributed by atoms with Crippen LogP contribution in [0.5, 0.6) is 0 Å². The second-order valence-corrected chi connectivity index (χ2v) is 5.59. The Bertz CT molecular complexity index is 765. The maximum absolute atomic E-state index is 12.9. The summed E-state index contributed by atoms with van der Waals surface area (Å²) < 4.78 is 15.6. The highest BCUT2D eigenvalue weighted by Crippen LogP contribution is 2.30. The summed E-state index contributed by atoms with van der Waals surface area (Å²) in [7, 11) is 0. The number of nitrogens with two attached hydrogens (primary N) is 1. The quantitative estimate of drug-likeness (QED) is 0.777. The van der Waals surface area contributed by atoms with Crippen LogP contribution in [-0.4, -0.2) is 9.78 Å². The first-order chi connectivity index (χ1) is 10.1. The number of hydrogen-bond acceptors (Lipinski definition) is 2. The summed E-state index contributed by atoms with van der Waals surface area (Å²) in [5.41, 5.74) is 9.33. The molecule has 0 aliphatic carbocycles. The molecule has 2 aromatic carbocycles. The van der Waals surface area contributed by atoms with Gasteiger partial charge in [-0.15, -0.1) is 0 Å². The number of nitrogens with zero attached hydrogens (tertiary/aromatic N) is 2. The lowest BCUT2D eigenvalue weighted by Gasteiger charge is -2.03. The van der Waals surface area contributed by atoms with Gasteiger partial charge in [-0.25, -0.2) is 4.39 Å². The van der Waals surface area contributed by atoms with E-state index in [1.165, 1.54) is 12.1 Å². The molecule has 1 heterocycles. The van der Waals surface area contributed by atoms with E-state index in [-0.39, 0.29) is 5.82 Å². The molecule has 0 atom stereocenters. The number of rotatable bonds is 3. The number of aromatic nitrogens is 2. The molecule has 2 N–H and O–H groups in total. The number of hydrogen-bond donors (Lipinski definition) is 1. The fraction of sp³-hybridized carbons (Fsp3) is 0.0625. The highest BCUT2D eigenvalue weighted by Gasteiger charge is 2.11. The number of nitrogen functional groups attached to an aromatic ring is 1. The summed E-state index contributed by atoms with van der Waals surface area (Å²) in [6.45, 7) is 0.551. The predicted molar refractivity (Wildman–Crippen MR) is 85.3 cm³/mol. The van der Waals surface area contributed by atoms with Crippen LogP contribution >= 0.6 is 15.9 Å². The van der Waals surface area contributed by atoms with Crippen molar-refractivity contribution in [2.24, 2.45) is 0 Å². The molecule has 0 fully saturated rings. The monoisotopic (exact) mass is 345 g/mol. The van der Waals surface area contributed by atoms with Crippen LogP contribution in [0.2, 0.25) is 0 Å². The largest absolute Gasteiger partial charge is 0.396 e. The first-order valence-electron chi connectivity index (χ1n) is 6.46. The van der Waals surface area contributed by atoms with Crippen molar-refractivity contribution < 1.29 is 4.39 Å². The molecule has 0 aliphatic rings. The third-order valence-corrected chi connectivity index (χ3v) is 3.87. The molecule has 0 saturated carbocycles. The molecular weight excluding hydrogens is 333 g/mol. The minimum atomic E-state index is -0.243. The van der Waals surface area contributed by atoms with E-state index in [1.807, 2.05) is 24.3 Å². The highest BCUT2D eigenvalue weighted by molar-refractivity contribution is 9.10. The molecule has 3 aromatic rings. The van der Waals surface area contributed by atoms with Crippen LogP contribution in [0.15, 0.2) is 59.2 Å². The molecule has 0 radical (unpaired) electrons. The molecule has 1 aromatic heterocycles. The molecule has 0 saturated heterocycles. The summed E-state index contributed by atoms with van der Waals surface area (Å²) in [6.07, 6.45) is 1.79. The zero-order valence-corrected chi connectivity index (χ0v) is 12.7. The van der Waals surface area contributed by atoms with E-state index in [9.17, 15) is 4.39 Å². The van der Waals surface area contributed by atoms with Crippen molar-refractivity contribution in [2.45, 2.75) is 6.54 Å². The van der Waals surface area contributed by atoms with Crippen molar-refractivity contribution >= 4 is 21.6 Å². The van der Waals surface area contributed by atoms with Crippen molar-refractivity contribution in [3.05, 3.63) is 70.6 Å². The van der Waals surface area contributed by atoms with Crippen LogP contribution in [0.1, 0.15) is 5.56 Å². The van der Waals surface area contributed by atoms with Gasteiger partial charge in [0.25, 0.3) is 0 Å². The van der Waals surface area contributed by atoms with E-state index in [4.69, 9.17) is 5.73 Å². The zero-order valence-electron chi connectivity index (χ0n) is 11.1. The average molecular weight is 346 g/mol. The molecule has 0 amide bonds. The maximum Gasteiger partial charge on any atom is 0.123 e. The molecule has 3 nitrogen and oxygen atoms in total. The van der Waals surface area contributed by atoms with E-state index in [0.29, 0.717) is 12.2 Å². The average Bonchev–Trinajstić information content (AvgIpc) is 2.83. The lowest BCUT2D eigenvalue weighted by molar-refractivity contribution is 0.624. The minimum Gasteiger partial charge on any atom is -0.396 e. The smallest absolute Gasteiger partial charge is 0.123 e. The highest BCUT2D eigenvalue weighted by atomic mass is 79.9. The molecule has 5 heteroatoms. The molecular formula is C16H13BrFN3. The summed E-state index contributed by atoms with van der Waals surface area (Å²) in [6, 6.07) is 14.2. The summed E-state index contributed by atoms with van der Waals surface area (Å²) in [4.78, 5) is 0. The topological polar surface area (TPSA) is 43.8 Å². The molecule has 21 heavy (non-hydrogen) atoms. The number of halogens is 2. The van der Waals surface area contributed by atoms with E-state index in [0.717, 1.165) is 21.3 Å². The lowest BCUT2D eigenvalue weighted by atomic mass is 10.1. The first-order valence-corrected chi connectivity index (χ1v) is 7.25. The second-order valence-electron chi connectivity index (χ2n) is 4.74. The van der Waals surface area contributed by atoms with Crippen molar-refractivity contribution in [1.82, 2.24) is 9.78 Å². The SMILES string of the molecule is Nc1cn(Cc2ccc(F)cc2)nc1-c1ccccc1Br. The minimum absolute atomic E-state index is 0.243. The number of anilines is 1. The van der Waals surface area contributed by atoms with Gasteiger partial charge in [0.15, 0.2) is 0 Å². The van der Waals surface area contributed by atoms with Gasteiger partial charge < -0.3 is 5.73 Å². The van der Waals surface area contributed by atoms with Crippen molar-refractivity contribution in [2.75, 3.05) is 5.73 Å². The van der Waals surface area contributed by atoms with Crippen LogP contribution in [0, 0.1) is 5.82 Å². The summed E-state index contributed by atoms with van der Waals surface area (Å²) in [5, 5.41) is 4.53. The van der Waals surface area contributed by atoms with Gasteiger partial charge in [-0.1, -0.05) is 46.3 Å². The fourth-order valence-corrected chi connectivity index (χ4v) is 2.63. The molecule has 106 valence electrons. The van der Waals surface area contributed by atoms with Crippen LogP contribution < -0.4 is 5.73 Å². The van der Waals surface area contributed by atoms with Gasteiger partial charge in [0.05, 0.1) is 12.2 Å². The van der Waals surface area contributed by atoms with Gasteiger partial charge in [0.1, 0.15) is 11.5 Å². The van der Waals surface area contributed by atoms with Gasteiger partial charge >= 0.3 is 0 Å². The zero-order chi connectivity index (χ0) is 14.8. The Kier molecular flexibility index (Phi) is 3.75. The molecule has 3 rings (SSSR count). The van der Waals surface area contributed by atoms with Crippen molar-refractivity contribution in [3.63, 3.8) is 0 Å². The lowest BCUT2D eigenvalue weighted by Crippen LogP contribution is -2.00. The van der Waals surface area contributed by atoms with E-state index in [1.54, 1.807) is 23.0 Å². The Labute approximate surface area is 130 Å². The standard InChI is InChI=1S/C16H13BrFN3/c17-14-4-2-1-3-13(14)16-15(19)10-21(20-16)9-11-5-7-12(18)8-6-11/h1-8,10H,9,19H2. The fourth-order valence-electron chi connectivity index (χ4n) is 2.16. The first kappa shape index (κ1) is 13.8. The molecule has 0 bridgehead atoms. The third kappa shape index (κ3) is 2.97. The normalized spacial score (nSPS) is 10.8. The van der Waals surface area contributed by atoms with E-state index in [2.05, 4.69) is 21.0 Å². The van der Waals surface area contributed by atoms with Crippen LogP contribution in [0.4, 0.5) is 10.1 Å². The second kappa shape index (κ2) is 5.69. The van der Waals surface area contributed by atoms with Crippen LogP contribution in [0.3, 0.4) is 0 Å². The Balaban J connectivity index is 1.91. The summed E-state index contributed by atoms with van der Waals surface area (Å²) in [5.74, 6) is -0.243. The summed E-state index contributed by atoms with van der Waals surface area (Å²) >= 11 is 3.50. The van der Waals surface area contributed by atoms with Crippen molar-refractivity contribution in [1.29, 1.82) is 0 Å². The van der Waals surface area contributed by atoms with E-state index < -0.39 is 0 Å². The molecule has 0 spiro atoms. The van der Waals surface area contributed by atoms with Gasteiger partial charge in [0.2, 0.25) is 0 Å². The maximum atomic E-state index is 12.9. The van der Waals surface area contributed by atoms with Crippen molar-refractivity contribution in [3.8, 4) is 11.3 Å². The molecule has 0 unspecified atom stereocenters. The van der Waals surface area contributed by atoms with E-state index >= 15 is 0 Å². The number of benzene rings is 2. The molecule has 0 aliphatic heterocycles.